The molecular weight excluding hydrogens is 349 g/mol. The fourth-order valence-corrected chi connectivity index (χ4v) is 3.37. The zero-order chi connectivity index (χ0) is 19.0. The average Bonchev–Trinajstić information content (AvgIpc) is 3.05. The molecule has 1 aliphatic heterocycles. The van der Waals surface area contributed by atoms with Crippen molar-refractivity contribution in [3.8, 4) is 0 Å². The molecule has 1 saturated heterocycles. The van der Waals surface area contributed by atoms with Gasteiger partial charge in [0.25, 0.3) is 5.91 Å². The summed E-state index contributed by atoms with van der Waals surface area (Å²) in [4.78, 5) is 29.7. The Morgan fingerprint density at radius 3 is 2.93 bits per heavy atom. The summed E-state index contributed by atoms with van der Waals surface area (Å²) in [7, 11) is 0. The topological polar surface area (TPSA) is 113 Å². The molecule has 0 saturated carbocycles. The number of carbonyl (C=O) groups is 1. The molecule has 0 aliphatic carbocycles. The van der Waals surface area contributed by atoms with Crippen molar-refractivity contribution in [2.45, 2.75) is 25.8 Å². The quantitative estimate of drug-likeness (QED) is 0.651. The van der Waals surface area contributed by atoms with E-state index in [2.05, 4.69) is 25.3 Å². The van der Waals surface area contributed by atoms with Crippen molar-refractivity contribution in [1.82, 2.24) is 19.9 Å². The Labute approximate surface area is 155 Å². The highest BCUT2D eigenvalue weighted by atomic mass is 19.1. The van der Waals surface area contributed by atoms with Crippen LogP contribution in [0.25, 0.3) is 11.0 Å². The third-order valence-electron chi connectivity index (χ3n) is 4.67. The molecule has 3 aromatic heterocycles. The molecule has 1 atom stereocenters. The van der Waals surface area contributed by atoms with E-state index in [0.717, 1.165) is 12.8 Å². The summed E-state index contributed by atoms with van der Waals surface area (Å²) in [5.41, 5.74) is 8.31. The molecule has 4 rings (SSSR count). The number of nitrogens with two attached hydrogens (primary N) is 1. The van der Waals surface area contributed by atoms with Gasteiger partial charge >= 0.3 is 0 Å². The molecule has 9 heteroatoms. The Kier molecular flexibility index (Phi) is 4.44. The molecule has 1 fully saturated rings. The highest BCUT2D eigenvalue weighted by Gasteiger charge is 2.25. The lowest BCUT2D eigenvalue weighted by Gasteiger charge is -2.33. The molecule has 0 bridgehead atoms. The molecule has 140 valence electrons. The smallest absolute Gasteiger partial charge is 0.275 e. The number of nitrogens with one attached hydrogen (secondary N) is 2. The van der Waals surface area contributed by atoms with Crippen LogP contribution in [0.1, 0.15) is 29.0 Å². The number of aryl methyl sites for hydroxylation is 1. The number of nitrogens with zero attached hydrogens (tertiary/aromatic N) is 4. The van der Waals surface area contributed by atoms with Gasteiger partial charge in [0.05, 0.1) is 34.8 Å². The third-order valence-corrected chi connectivity index (χ3v) is 4.67. The lowest BCUT2D eigenvalue weighted by Crippen LogP contribution is -2.43. The highest BCUT2D eigenvalue weighted by Crippen LogP contribution is 2.35. The first-order valence-corrected chi connectivity index (χ1v) is 8.79. The Balaban J connectivity index is 1.72. The summed E-state index contributed by atoms with van der Waals surface area (Å²) >= 11 is 0. The van der Waals surface area contributed by atoms with Crippen LogP contribution in [0.3, 0.4) is 0 Å². The molecule has 3 aromatic rings. The normalized spacial score (nSPS) is 17.3. The van der Waals surface area contributed by atoms with E-state index in [9.17, 15) is 9.18 Å². The standard InChI is InChI=1S/C18H20FN7O/c1-10-5-22-14(8-21-10)18(27)25-13-7-24-17-15(13)16(12(19)6-23-17)26-4-2-3-11(20)9-26/h5-8,11H,2-4,9,20H2,1H3,(H,23,24)(H,25,27). The van der Waals surface area contributed by atoms with Gasteiger partial charge in [-0.05, 0) is 19.8 Å². The van der Waals surface area contributed by atoms with Crippen molar-refractivity contribution in [3.63, 3.8) is 0 Å². The second-order valence-electron chi connectivity index (χ2n) is 6.73. The summed E-state index contributed by atoms with van der Waals surface area (Å²) in [5, 5.41) is 3.31. The predicted octanol–water partition coefficient (Wildman–Crippen LogP) is 1.98. The maximum atomic E-state index is 14.7. The van der Waals surface area contributed by atoms with Gasteiger partial charge in [0.15, 0.2) is 5.82 Å². The monoisotopic (exact) mass is 369 g/mol. The summed E-state index contributed by atoms with van der Waals surface area (Å²) in [6.45, 7) is 3.04. The number of hydrogen-bond donors (Lipinski definition) is 3. The maximum absolute atomic E-state index is 14.7. The van der Waals surface area contributed by atoms with E-state index >= 15 is 0 Å². The molecule has 0 spiro atoms. The number of rotatable bonds is 3. The van der Waals surface area contributed by atoms with E-state index in [1.165, 1.54) is 18.6 Å². The molecule has 27 heavy (non-hydrogen) atoms. The second kappa shape index (κ2) is 6.92. The van der Waals surface area contributed by atoms with E-state index in [1.807, 2.05) is 4.90 Å². The highest BCUT2D eigenvalue weighted by molar-refractivity contribution is 6.10. The van der Waals surface area contributed by atoms with Gasteiger partial charge in [-0.3, -0.25) is 9.78 Å². The lowest BCUT2D eigenvalue weighted by atomic mass is 10.1. The Morgan fingerprint density at radius 2 is 2.19 bits per heavy atom. The number of pyridine rings is 1. The number of amides is 1. The van der Waals surface area contributed by atoms with Crippen LogP contribution in [0.4, 0.5) is 15.8 Å². The van der Waals surface area contributed by atoms with Gasteiger partial charge < -0.3 is 20.9 Å². The fourth-order valence-electron chi connectivity index (χ4n) is 3.37. The van der Waals surface area contributed by atoms with Crippen molar-refractivity contribution in [2.75, 3.05) is 23.3 Å². The summed E-state index contributed by atoms with van der Waals surface area (Å²) in [6, 6.07) is -0.0128. The number of aromatic nitrogens is 4. The summed E-state index contributed by atoms with van der Waals surface area (Å²) < 4.78 is 14.7. The fraction of sp³-hybridized carbons (Fsp3) is 0.333. The van der Waals surface area contributed by atoms with Gasteiger partial charge in [-0.25, -0.2) is 14.4 Å². The number of carbonyl (C=O) groups excluding carboxylic acids is 1. The third kappa shape index (κ3) is 3.33. The van der Waals surface area contributed by atoms with Gasteiger partial charge in [-0.2, -0.15) is 0 Å². The van der Waals surface area contributed by atoms with E-state index < -0.39 is 11.7 Å². The van der Waals surface area contributed by atoms with Crippen LogP contribution in [0.5, 0.6) is 0 Å². The van der Waals surface area contributed by atoms with Gasteiger partial charge in [0.1, 0.15) is 11.3 Å². The average molecular weight is 369 g/mol. The van der Waals surface area contributed by atoms with E-state index in [0.29, 0.717) is 41.2 Å². The minimum atomic E-state index is -0.443. The van der Waals surface area contributed by atoms with E-state index in [4.69, 9.17) is 5.73 Å². The van der Waals surface area contributed by atoms with E-state index in [-0.39, 0.29) is 11.7 Å². The van der Waals surface area contributed by atoms with Crippen LogP contribution < -0.4 is 16.0 Å². The Morgan fingerprint density at radius 1 is 1.33 bits per heavy atom. The van der Waals surface area contributed by atoms with Crippen LogP contribution in [0.15, 0.2) is 24.8 Å². The summed E-state index contributed by atoms with van der Waals surface area (Å²) in [6.07, 6.45) is 7.51. The largest absolute Gasteiger partial charge is 0.367 e. The minimum Gasteiger partial charge on any atom is -0.367 e. The number of hydrogen-bond acceptors (Lipinski definition) is 6. The number of H-pyrrole nitrogens is 1. The zero-order valence-corrected chi connectivity index (χ0v) is 14.9. The lowest BCUT2D eigenvalue weighted by molar-refractivity contribution is 0.102. The molecular formula is C18H20FN7O. The van der Waals surface area contributed by atoms with E-state index in [1.54, 1.807) is 13.1 Å². The SMILES string of the molecule is Cc1cnc(C(=O)Nc2c[nH]c3ncc(F)c(N4CCCC(N)C4)c23)cn1. The zero-order valence-electron chi connectivity index (χ0n) is 14.9. The first-order valence-electron chi connectivity index (χ1n) is 8.79. The number of halogens is 1. The van der Waals surface area contributed by atoms with Crippen molar-refractivity contribution in [2.24, 2.45) is 5.73 Å². The van der Waals surface area contributed by atoms with Crippen LogP contribution in [-0.2, 0) is 0 Å². The number of fused-ring (bicyclic) bond motifs is 1. The number of anilines is 2. The van der Waals surface area contributed by atoms with Crippen LogP contribution in [0.2, 0.25) is 0 Å². The van der Waals surface area contributed by atoms with Crippen molar-refractivity contribution in [3.05, 3.63) is 42.0 Å². The van der Waals surface area contributed by atoms with Gasteiger partial charge in [0, 0.05) is 31.5 Å². The molecule has 0 radical (unpaired) electrons. The van der Waals surface area contributed by atoms with Crippen molar-refractivity contribution >= 4 is 28.3 Å². The minimum absolute atomic E-state index is 0.0128. The van der Waals surface area contributed by atoms with Gasteiger partial charge in [-0.15, -0.1) is 0 Å². The van der Waals surface area contributed by atoms with Crippen LogP contribution in [-0.4, -0.2) is 45.0 Å². The first kappa shape index (κ1) is 17.3. The van der Waals surface area contributed by atoms with Crippen molar-refractivity contribution in [1.29, 1.82) is 0 Å². The van der Waals surface area contributed by atoms with Crippen LogP contribution >= 0.6 is 0 Å². The first-order chi connectivity index (χ1) is 13.0. The molecule has 4 heterocycles. The molecule has 1 aliphatic rings. The van der Waals surface area contributed by atoms with Gasteiger partial charge in [0.2, 0.25) is 0 Å². The molecule has 1 amide bonds. The second-order valence-corrected chi connectivity index (χ2v) is 6.73. The summed E-state index contributed by atoms with van der Waals surface area (Å²) in [5.74, 6) is -0.865. The van der Waals surface area contributed by atoms with Crippen molar-refractivity contribution < 1.29 is 9.18 Å². The Bertz CT molecular complexity index is 985. The number of piperidine rings is 1. The molecule has 1 unspecified atom stereocenters. The number of aromatic amines is 1. The molecule has 8 nitrogen and oxygen atoms in total. The Hall–Kier alpha value is -3.07. The van der Waals surface area contributed by atoms with Gasteiger partial charge in [-0.1, -0.05) is 0 Å². The predicted molar refractivity (Wildman–Crippen MR) is 100 cm³/mol. The van der Waals surface area contributed by atoms with Crippen LogP contribution in [0, 0.1) is 12.7 Å². The molecule has 0 aromatic carbocycles. The maximum Gasteiger partial charge on any atom is 0.275 e. The molecule has 4 N–H and O–H groups in total.